The second-order valence-corrected chi connectivity index (χ2v) is 8.74. The van der Waals surface area contributed by atoms with Crippen LogP contribution in [0.3, 0.4) is 0 Å². The maximum absolute atomic E-state index is 13.3. The van der Waals surface area contributed by atoms with E-state index in [1.165, 1.54) is 18.9 Å². The molecule has 9 heteroatoms. The monoisotopic (exact) mass is 459 g/mol. The fourth-order valence-electron chi connectivity index (χ4n) is 4.92. The molecule has 1 amide bonds. The Bertz CT molecular complexity index is 1040. The van der Waals surface area contributed by atoms with Crippen molar-refractivity contribution in [3.05, 3.63) is 51.9 Å². The largest absolute Gasteiger partial charge is 0.497 e. The van der Waals surface area contributed by atoms with E-state index in [9.17, 15) is 9.59 Å². The number of hydrogen-bond acceptors (Lipinski definition) is 6. The quantitative estimate of drug-likeness (QED) is 0.641. The molecule has 172 valence electrons. The molecule has 2 aliphatic rings. The van der Waals surface area contributed by atoms with Crippen molar-refractivity contribution >= 4 is 15.4 Å². The van der Waals surface area contributed by atoms with E-state index in [0.29, 0.717) is 35.8 Å². The summed E-state index contributed by atoms with van der Waals surface area (Å²) in [5.74, 6) is 1.21. The number of benzene rings is 1. The van der Waals surface area contributed by atoms with E-state index in [2.05, 4.69) is 26.7 Å². The van der Waals surface area contributed by atoms with Crippen LogP contribution in [-0.4, -0.2) is 54.8 Å². The normalized spacial score (nSPS) is 22.4. The van der Waals surface area contributed by atoms with E-state index in [1.54, 1.807) is 31.0 Å². The molecule has 4 rings (SSSR count). The average Bonchev–Trinajstić information content (AvgIpc) is 2.99. The lowest BCUT2D eigenvalue weighted by Gasteiger charge is -2.36. The van der Waals surface area contributed by atoms with Crippen molar-refractivity contribution in [2.45, 2.75) is 50.4 Å². The SMILES string of the molecule is COc1ccc(Cn2cc(OP)c(=O)cc2C(=O)NC2C[C@H]3CC[C@@H](C2)N3C)c(OC)c1. The van der Waals surface area contributed by atoms with Gasteiger partial charge in [0, 0.05) is 35.8 Å². The van der Waals surface area contributed by atoms with Crippen molar-refractivity contribution in [1.82, 2.24) is 14.8 Å². The first-order valence-electron chi connectivity index (χ1n) is 10.8. The van der Waals surface area contributed by atoms with Gasteiger partial charge in [-0.25, -0.2) is 0 Å². The smallest absolute Gasteiger partial charge is 0.268 e. The van der Waals surface area contributed by atoms with Crippen LogP contribution in [0.4, 0.5) is 0 Å². The van der Waals surface area contributed by atoms with Gasteiger partial charge in [0.15, 0.2) is 5.75 Å². The molecule has 8 nitrogen and oxygen atoms in total. The van der Waals surface area contributed by atoms with E-state index >= 15 is 0 Å². The summed E-state index contributed by atoms with van der Waals surface area (Å²) in [6.45, 7) is 0.329. The molecule has 0 saturated carbocycles. The summed E-state index contributed by atoms with van der Waals surface area (Å²) in [6, 6.07) is 7.98. The van der Waals surface area contributed by atoms with Gasteiger partial charge in [-0.05, 0) is 44.9 Å². The van der Waals surface area contributed by atoms with E-state index in [-0.39, 0.29) is 23.1 Å². The highest BCUT2D eigenvalue weighted by atomic mass is 31.0. The molecule has 2 aliphatic heterocycles. The molecule has 2 unspecified atom stereocenters. The molecular weight excluding hydrogens is 429 g/mol. The Hall–Kier alpha value is -2.57. The van der Waals surface area contributed by atoms with Crippen LogP contribution >= 0.6 is 9.47 Å². The number of fused-ring (bicyclic) bond motifs is 2. The molecule has 1 aromatic carbocycles. The van der Waals surface area contributed by atoms with Crippen LogP contribution in [0.15, 0.2) is 35.3 Å². The van der Waals surface area contributed by atoms with E-state index in [0.717, 1.165) is 18.4 Å². The predicted molar refractivity (Wildman–Crippen MR) is 125 cm³/mol. The molecule has 32 heavy (non-hydrogen) atoms. The van der Waals surface area contributed by atoms with Gasteiger partial charge in [0.2, 0.25) is 5.43 Å². The fourth-order valence-corrected chi connectivity index (χ4v) is 5.10. The number of carbonyl (C=O) groups is 1. The van der Waals surface area contributed by atoms with Crippen LogP contribution < -0.4 is 24.7 Å². The van der Waals surface area contributed by atoms with Crippen molar-refractivity contribution in [1.29, 1.82) is 0 Å². The van der Waals surface area contributed by atoms with Gasteiger partial charge in [-0.3, -0.25) is 9.59 Å². The topological polar surface area (TPSA) is 82.0 Å². The number of nitrogens with zero attached hydrogens (tertiary/aromatic N) is 2. The summed E-state index contributed by atoms with van der Waals surface area (Å²) in [4.78, 5) is 28.2. The second-order valence-electron chi connectivity index (χ2n) is 8.50. The van der Waals surface area contributed by atoms with Crippen LogP contribution in [0.25, 0.3) is 0 Å². The minimum atomic E-state index is -0.341. The molecule has 0 spiro atoms. The van der Waals surface area contributed by atoms with Crippen LogP contribution in [0.1, 0.15) is 41.7 Å². The summed E-state index contributed by atoms with van der Waals surface area (Å²) in [5, 5.41) is 3.17. The van der Waals surface area contributed by atoms with Crippen molar-refractivity contribution in [2.24, 2.45) is 0 Å². The predicted octanol–water partition coefficient (Wildman–Crippen LogP) is 2.44. The van der Waals surface area contributed by atoms with Crippen molar-refractivity contribution in [3.63, 3.8) is 0 Å². The van der Waals surface area contributed by atoms with Gasteiger partial charge in [-0.15, -0.1) is 0 Å². The number of rotatable bonds is 7. The zero-order chi connectivity index (χ0) is 22.8. The van der Waals surface area contributed by atoms with Gasteiger partial charge < -0.3 is 28.8 Å². The van der Waals surface area contributed by atoms with E-state index in [1.807, 2.05) is 12.1 Å². The third-order valence-electron chi connectivity index (χ3n) is 6.72. The van der Waals surface area contributed by atoms with Gasteiger partial charge in [-0.1, -0.05) is 0 Å². The Balaban J connectivity index is 1.61. The average molecular weight is 459 g/mol. The van der Waals surface area contributed by atoms with Gasteiger partial charge in [0.05, 0.1) is 36.4 Å². The zero-order valence-electron chi connectivity index (χ0n) is 18.7. The number of methoxy groups -OCH3 is 2. The van der Waals surface area contributed by atoms with Crippen molar-refractivity contribution < 1.29 is 18.8 Å². The lowest BCUT2D eigenvalue weighted by atomic mass is 9.98. The molecule has 2 bridgehead atoms. The highest BCUT2D eigenvalue weighted by Gasteiger charge is 2.39. The first-order chi connectivity index (χ1) is 15.4. The fraction of sp³-hybridized carbons (Fsp3) is 0.478. The Morgan fingerprint density at radius 3 is 2.47 bits per heavy atom. The van der Waals surface area contributed by atoms with E-state index in [4.69, 9.17) is 14.0 Å². The number of amides is 1. The van der Waals surface area contributed by atoms with Gasteiger partial charge in [0.25, 0.3) is 5.91 Å². The molecule has 4 atom stereocenters. The molecule has 2 aromatic rings. The Labute approximate surface area is 190 Å². The van der Waals surface area contributed by atoms with Crippen LogP contribution in [0.5, 0.6) is 17.2 Å². The molecule has 3 heterocycles. The van der Waals surface area contributed by atoms with Crippen LogP contribution in [0.2, 0.25) is 0 Å². The summed E-state index contributed by atoms with van der Waals surface area (Å²) in [7, 11) is 7.43. The highest BCUT2D eigenvalue weighted by molar-refractivity contribution is 7.10. The van der Waals surface area contributed by atoms with Gasteiger partial charge >= 0.3 is 0 Å². The van der Waals surface area contributed by atoms with Crippen molar-refractivity contribution in [2.75, 3.05) is 21.3 Å². The molecule has 2 saturated heterocycles. The maximum Gasteiger partial charge on any atom is 0.268 e. The number of aromatic nitrogens is 1. The molecule has 1 aromatic heterocycles. The van der Waals surface area contributed by atoms with Crippen LogP contribution in [0, 0.1) is 0 Å². The van der Waals surface area contributed by atoms with Gasteiger partial charge in [-0.2, -0.15) is 0 Å². The minimum absolute atomic E-state index is 0.105. The van der Waals surface area contributed by atoms with Crippen molar-refractivity contribution in [3.8, 4) is 17.2 Å². The molecule has 0 radical (unpaired) electrons. The number of carbonyl (C=O) groups excluding carboxylic acids is 1. The Morgan fingerprint density at radius 1 is 1.12 bits per heavy atom. The molecular formula is C23H30N3O5P. The number of pyridine rings is 1. The van der Waals surface area contributed by atoms with Gasteiger partial charge in [0.1, 0.15) is 17.2 Å². The third kappa shape index (κ3) is 4.48. The number of ether oxygens (including phenoxy) is 2. The maximum atomic E-state index is 13.3. The summed E-state index contributed by atoms with van der Waals surface area (Å²) in [6.07, 6.45) is 5.78. The number of piperidine rings is 1. The molecule has 1 N–H and O–H groups in total. The minimum Gasteiger partial charge on any atom is -0.497 e. The first-order valence-corrected chi connectivity index (χ1v) is 11.3. The number of nitrogens with one attached hydrogen (secondary N) is 1. The summed E-state index contributed by atoms with van der Waals surface area (Å²) in [5.41, 5.74) is 0.800. The zero-order valence-corrected chi connectivity index (χ0v) is 19.8. The lowest BCUT2D eigenvalue weighted by molar-refractivity contribution is 0.0872. The van der Waals surface area contributed by atoms with Crippen LogP contribution in [-0.2, 0) is 6.54 Å². The third-order valence-corrected chi connectivity index (χ3v) is 6.98. The molecule has 2 fully saturated rings. The highest BCUT2D eigenvalue weighted by Crippen LogP contribution is 2.34. The standard InChI is InChI=1S/C23H30N3O5P/c1-25-16-5-6-17(25)9-15(8-16)24-23(28)19-11-20(27)22(31-32)13-26(19)12-14-4-7-18(29-2)10-21(14)30-3/h4,7,10-11,13,15-17H,5-6,8-9,12,32H2,1-3H3,(H,24,28)/t15?,16-,17+. The summed E-state index contributed by atoms with van der Waals surface area (Å²) >= 11 is 0. The number of hydrogen-bond donors (Lipinski definition) is 1. The Kier molecular flexibility index (Phi) is 6.72. The summed E-state index contributed by atoms with van der Waals surface area (Å²) < 4.78 is 17.6. The van der Waals surface area contributed by atoms with E-state index < -0.39 is 0 Å². The Morgan fingerprint density at radius 2 is 1.84 bits per heavy atom. The first kappa shape index (κ1) is 22.6. The second kappa shape index (κ2) is 9.51. The molecule has 0 aliphatic carbocycles. The lowest BCUT2D eigenvalue weighted by Crippen LogP contribution is -2.49.